The van der Waals surface area contributed by atoms with Gasteiger partial charge in [-0.25, -0.2) is 0 Å². The zero-order valence-electron chi connectivity index (χ0n) is 10.5. The Balaban J connectivity index is 2.75. The van der Waals surface area contributed by atoms with Crippen molar-refractivity contribution in [3.8, 4) is 0 Å². The lowest BCUT2D eigenvalue weighted by Crippen LogP contribution is -2.33. The van der Waals surface area contributed by atoms with Crippen LogP contribution in [0.4, 0.5) is 13.2 Å². The highest BCUT2D eigenvalue weighted by molar-refractivity contribution is 9.09. The van der Waals surface area contributed by atoms with Gasteiger partial charge in [0, 0.05) is 27.7 Å². The molecule has 1 aromatic rings. The van der Waals surface area contributed by atoms with Gasteiger partial charge in [0.25, 0.3) is 0 Å². The van der Waals surface area contributed by atoms with Crippen LogP contribution in [-0.2, 0) is 10.2 Å². The predicted molar refractivity (Wildman–Crippen MR) is 82.2 cm³/mol. The summed E-state index contributed by atoms with van der Waals surface area (Å²) >= 11 is 13.0. The van der Waals surface area contributed by atoms with Gasteiger partial charge in [-0.15, -0.1) is 0 Å². The SMILES string of the molecule is FC(F)(F)COCCC(CBr)(CBr)c1ccccc1Cl. The molecule has 1 nitrogen and oxygen atoms in total. The number of halogens is 6. The Hall–Kier alpha value is 0.220. The van der Waals surface area contributed by atoms with E-state index >= 15 is 0 Å². The summed E-state index contributed by atoms with van der Waals surface area (Å²) in [7, 11) is 0. The van der Waals surface area contributed by atoms with Crippen LogP contribution in [0.5, 0.6) is 0 Å². The number of ether oxygens (including phenoxy) is 1. The second-order valence-electron chi connectivity index (χ2n) is 4.45. The minimum atomic E-state index is -4.30. The predicted octanol–water partition coefficient (Wildman–Crippen LogP) is 5.34. The monoisotopic (exact) mass is 436 g/mol. The first-order valence-electron chi connectivity index (χ1n) is 5.86. The average molecular weight is 439 g/mol. The molecule has 0 spiro atoms. The van der Waals surface area contributed by atoms with Crippen LogP contribution in [0.2, 0.25) is 5.02 Å². The Morgan fingerprint density at radius 1 is 1.10 bits per heavy atom. The first-order valence-corrected chi connectivity index (χ1v) is 8.48. The van der Waals surface area contributed by atoms with E-state index in [4.69, 9.17) is 16.3 Å². The lowest BCUT2D eigenvalue weighted by molar-refractivity contribution is -0.174. The van der Waals surface area contributed by atoms with E-state index in [2.05, 4.69) is 31.9 Å². The molecule has 0 aliphatic heterocycles. The van der Waals surface area contributed by atoms with Gasteiger partial charge in [0.05, 0.1) is 0 Å². The van der Waals surface area contributed by atoms with Crippen molar-refractivity contribution >= 4 is 43.5 Å². The molecule has 0 saturated heterocycles. The second kappa shape index (κ2) is 8.01. The summed E-state index contributed by atoms with van der Waals surface area (Å²) in [6.45, 7) is -1.21. The smallest absolute Gasteiger partial charge is 0.372 e. The molecular weight excluding hydrogens is 424 g/mol. The molecule has 0 aliphatic rings. The molecular formula is C13H14Br2ClF3O. The van der Waals surface area contributed by atoms with Gasteiger partial charge in [-0.1, -0.05) is 61.7 Å². The van der Waals surface area contributed by atoms with E-state index in [0.29, 0.717) is 22.1 Å². The van der Waals surface area contributed by atoms with Crippen molar-refractivity contribution < 1.29 is 17.9 Å². The zero-order valence-corrected chi connectivity index (χ0v) is 14.4. The van der Waals surface area contributed by atoms with E-state index in [9.17, 15) is 13.2 Å². The third-order valence-electron chi connectivity index (χ3n) is 2.95. The summed E-state index contributed by atoms with van der Waals surface area (Å²) in [5, 5.41) is 1.75. The maximum atomic E-state index is 12.1. The van der Waals surface area contributed by atoms with Gasteiger partial charge in [0.1, 0.15) is 6.61 Å². The number of hydrogen-bond acceptors (Lipinski definition) is 1. The summed E-state index contributed by atoms with van der Waals surface area (Å²) in [4.78, 5) is 0. The lowest BCUT2D eigenvalue weighted by Gasteiger charge is -2.31. The molecule has 1 aromatic carbocycles. The minimum absolute atomic E-state index is 0.0158. The van der Waals surface area contributed by atoms with Crippen LogP contribution in [0.15, 0.2) is 24.3 Å². The van der Waals surface area contributed by atoms with Crippen molar-refractivity contribution in [2.24, 2.45) is 0 Å². The summed E-state index contributed by atoms with van der Waals surface area (Å²) in [5.74, 6) is 0. The first kappa shape index (κ1) is 18.3. The molecule has 0 aromatic heterocycles. The molecule has 0 radical (unpaired) electrons. The number of alkyl halides is 5. The molecule has 0 fully saturated rings. The minimum Gasteiger partial charge on any atom is -0.372 e. The molecule has 0 N–H and O–H groups in total. The van der Waals surface area contributed by atoms with Gasteiger partial charge in [0.15, 0.2) is 0 Å². The number of rotatable bonds is 7. The molecule has 0 heterocycles. The van der Waals surface area contributed by atoms with Crippen LogP contribution < -0.4 is 0 Å². The van der Waals surface area contributed by atoms with Crippen molar-refractivity contribution in [3.05, 3.63) is 34.9 Å². The van der Waals surface area contributed by atoms with Gasteiger partial charge in [-0.2, -0.15) is 13.2 Å². The summed E-state index contributed by atoms with van der Waals surface area (Å²) in [5.41, 5.74) is 0.496. The quantitative estimate of drug-likeness (QED) is 0.413. The van der Waals surface area contributed by atoms with Crippen LogP contribution >= 0.6 is 43.5 Å². The fourth-order valence-electron chi connectivity index (χ4n) is 1.79. The Kier molecular flexibility index (Phi) is 7.32. The Morgan fingerprint density at radius 3 is 2.20 bits per heavy atom. The van der Waals surface area contributed by atoms with Gasteiger partial charge in [-0.05, 0) is 18.1 Å². The molecule has 0 atom stereocenters. The Morgan fingerprint density at radius 2 is 1.70 bits per heavy atom. The van der Waals surface area contributed by atoms with Crippen LogP contribution in [-0.4, -0.2) is 30.1 Å². The molecule has 0 bridgehead atoms. The van der Waals surface area contributed by atoms with E-state index in [1.165, 1.54) is 0 Å². The standard InChI is InChI=1S/C13H14Br2ClF3O/c14-7-12(8-15,5-6-20-9-13(17,18)19)10-3-1-2-4-11(10)16/h1-4H,5-9H2. The number of hydrogen-bond donors (Lipinski definition) is 0. The summed E-state index contributed by atoms with van der Waals surface area (Å²) in [6, 6.07) is 7.33. The van der Waals surface area contributed by atoms with Crippen molar-refractivity contribution in [2.75, 3.05) is 23.9 Å². The molecule has 0 amide bonds. The lowest BCUT2D eigenvalue weighted by atomic mass is 9.81. The molecule has 0 saturated carbocycles. The average Bonchev–Trinajstić information content (AvgIpc) is 2.40. The van der Waals surface area contributed by atoms with E-state index in [1.54, 1.807) is 6.07 Å². The molecule has 7 heteroatoms. The zero-order chi connectivity index (χ0) is 15.2. The highest BCUT2D eigenvalue weighted by Gasteiger charge is 2.33. The van der Waals surface area contributed by atoms with Gasteiger partial charge >= 0.3 is 6.18 Å². The van der Waals surface area contributed by atoms with Crippen molar-refractivity contribution in [3.63, 3.8) is 0 Å². The third kappa shape index (κ3) is 5.20. The molecule has 114 valence electrons. The molecule has 20 heavy (non-hydrogen) atoms. The normalized spacial score (nSPS) is 12.7. The maximum absolute atomic E-state index is 12.1. The highest BCUT2D eigenvalue weighted by Crippen LogP contribution is 2.36. The fourth-order valence-corrected chi connectivity index (χ4v) is 4.22. The van der Waals surface area contributed by atoms with E-state index in [-0.39, 0.29) is 6.61 Å². The van der Waals surface area contributed by atoms with Crippen LogP contribution in [0.25, 0.3) is 0 Å². The van der Waals surface area contributed by atoms with E-state index in [1.807, 2.05) is 18.2 Å². The van der Waals surface area contributed by atoms with Crippen molar-refractivity contribution in [1.82, 2.24) is 0 Å². The molecule has 1 rings (SSSR count). The van der Waals surface area contributed by atoms with Crippen molar-refractivity contribution in [1.29, 1.82) is 0 Å². The van der Waals surface area contributed by atoms with Crippen LogP contribution in [0, 0.1) is 0 Å². The van der Waals surface area contributed by atoms with E-state index in [0.717, 1.165) is 5.56 Å². The molecule has 0 aliphatic carbocycles. The van der Waals surface area contributed by atoms with Gasteiger partial charge in [-0.3, -0.25) is 0 Å². The van der Waals surface area contributed by atoms with Crippen LogP contribution in [0.1, 0.15) is 12.0 Å². The summed E-state index contributed by atoms with van der Waals surface area (Å²) < 4.78 is 40.9. The van der Waals surface area contributed by atoms with Crippen molar-refractivity contribution in [2.45, 2.75) is 18.0 Å². The third-order valence-corrected chi connectivity index (χ3v) is 5.42. The van der Waals surface area contributed by atoms with Gasteiger partial charge in [0.2, 0.25) is 0 Å². The molecule has 0 unspecified atom stereocenters. The topological polar surface area (TPSA) is 9.23 Å². The van der Waals surface area contributed by atoms with Crippen LogP contribution in [0.3, 0.4) is 0 Å². The van der Waals surface area contributed by atoms with E-state index < -0.39 is 18.2 Å². The Bertz CT molecular complexity index is 422. The highest BCUT2D eigenvalue weighted by atomic mass is 79.9. The summed E-state index contributed by atoms with van der Waals surface area (Å²) in [6.07, 6.45) is -3.86. The number of benzene rings is 1. The van der Waals surface area contributed by atoms with Gasteiger partial charge < -0.3 is 4.74 Å². The maximum Gasteiger partial charge on any atom is 0.411 e. The Labute approximate surface area is 138 Å². The fraction of sp³-hybridized carbons (Fsp3) is 0.538. The first-order chi connectivity index (χ1) is 9.34. The largest absolute Gasteiger partial charge is 0.411 e. The second-order valence-corrected chi connectivity index (χ2v) is 5.97.